The molecule has 1 aromatic carbocycles. The van der Waals surface area contributed by atoms with Gasteiger partial charge in [-0.2, -0.15) is 0 Å². The number of benzene rings is 1. The molecular weight excluding hydrogens is 236 g/mol. The first-order valence-electron chi connectivity index (χ1n) is 6.98. The van der Waals surface area contributed by atoms with Crippen molar-refractivity contribution < 1.29 is 4.79 Å². The lowest BCUT2D eigenvalue weighted by Gasteiger charge is -2.26. The molecule has 1 unspecified atom stereocenters. The lowest BCUT2D eigenvalue weighted by atomic mass is 9.90. The van der Waals surface area contributed by atoms with E-state index in [2.05, 4.69) is 31.3 Å². The summed E-state index contributed by atoms with van der Waals surface area (Å²) in [5.74, 6) is 0.968. The van der Waals surface area contributed by atoms with Gasteiger partial charge >= 0.3 is 6.03 Å². The van der Waals surface area contributed by atoms with Crippen LogP contribution in [0.4, 0.5) is 10.5 Å². The summed E-state index contributed by atoms with van der Waals surface area (Å²) in [6, 6.07) is 8.24. The van der Waals surface area contributed by atoms with E-state index in [1.807, 2.05) is 37.8 Å². The summed E-state index contributed by atoms with van der Waals surface area (Å²) in [6.45, 7) is 11.2. The number of rotatable bonds is 1. The number of carbonyl (C=O) groups is 1. The van der Waals surface area contributed by atoms with Gasteiger partial charge in [-0.3, -0.25) is 4.90 Å². The Morgan fingerprint density at radius 2 is 1.95 bits per heavy atom. The van der Waals surface area contributed by atoms with Crippen LogP contribution in [0.5, 0.6) is 0 Å². The molecule has 0 fully saturated rings. The third-order valence-corrected chi connectivity index (χ3v) is 3.54. The molecule has 104 valence electrons. The van der Waals surface area contributed by atoms with Crippen LogP contribution >= 0.6 is 0 Å². The van der Waals surface area contributed by atoms with Gasteiger partial charge in [-0.1, -0.05) is 32.0 Å². The van der Waals surface area contributed by atoms with Crippen LogP contribution in [0.15, 0.2) is 24.3 Å². The summed E-state index contributed by atoms with van der Waals surface area (Å²) in [5, 5.41) is 3.05. The first kappa shape index (κ1) is 13.9. The molecule has 0 radical (unpaired) electrons. The van der Waals surface area contributed by atoms with Crippen molar-refractivity contribution in [2.24, 2.45) is 5.92 Å². The second-order valence-corrected chi connectivity index (χ2v) is 6.70. The Kier molecular flexibility index (Phi) is 3.57. The number of urea groups is 1. The number of nitrogens with one attached hydrogen (secondary N) is 1. The number of anilines is 1. The molecule has 0 aliphatic carbocycles. The summed E-state index contributed by atoms with van der Waals surface area (Å²) in [6.07, 6.45) is 0. The van der Waals surface area contributed by atoms with E-state index in [0.29, 0.717) is 11.8 Å². The predicted octanol–water partition coefficient (Wildman–Crippen LogP) is 3.75. The van der Waals surface area contributed by atoms with Gasteiger partial charge in [-0.25, -0.2) is 4.79 Å². The average Bonchev–Trinajstić information content (AvgIpc) is 2.66. The Balaban J connectivity index is 2.28. The quantitative estimate of drug-likeness (QED) is 0.819. The molecule has 2 amide bonds. The van der Waals surface area contributed by atoms with E-state index in [0.717, 1.165) is 12.2 Å². The first-order chi connectivity index (χ1) is 8.79. The summed E-state index contributed by atoms with van der Waals surface area (Å²) < 4.78 is 0. The Labute approximate surface area is 116 Å². The van der Waals surface area contributed by atoms with E-state index in [9.17, 15) is 4.79 Å². The summed E-state index contributed by atoms with van der Waals surface area (Å²) >= 11 is 0. The largest absolute Gasteiger partial charge is 0.333 e. The van der Waals surface area contributed by atoms with Crippen molar-refractivity contribution in [3.05, 3.63) is 29.8 Å². The predicted molar refractivity (Wildman–Crippen MR) is 79.7 cm³/mol. The molecule has 0 spiro atoms. The molecule has 1 atom stereocenters. The van der Waals surface area contributed by atoms with Crippen molar-refractivity contribution in [2.45, 2.75) is 46.1 Å². The van der Waals surface area contributed by atoms with E-state index in [-0.39, 0.29) is 11.6 Å². The van der Waals surface area contributed by atoms with Crippen molar-refractivity contribution in [2.75, 3.05) is 11.4 Å². The third-order valence-electron chi connectivity index (χ3n) is 3.54. The van der Waals surface area contributed by atoms with Crippen LogP contribution in [0.1, 0.15) is 46.1 Å². The Morgan fingerprint density at radius 3 is 2.53 bits per heavy atom. The molecule has 1 aliphatic heterocycles. The number of carbonyl (C=O) groups excluding carboxylic acids is 1. The maximum Gasteiger partial charge on any atom is 0.322 e. The van der Waals surface area contributed by atoms with Gasteiger partial charge in [0.25, 0.3) is 0 Å². The zero-order chi connectivity index (χ0) is 14.2. The van der Waals surface area contributed by atoms with Gasteiger partial charge in [-0.15, -0.1) is 0 Å². The lowest BCUT2D eigenvalue weighted by Crippen LogP contribution is -2.48. The fourth-order valence-electron chi connectivity index (χ4n) is 2.59. The Morgan fingerprint density at radius 1 is 1.32 bits per heavy atom. The van der Waals surface area contributed by atoms with Crippen LogP contribution in [-0.2, 0) is 0 Å². The molecular formula is C16H24N2O. The van der Waals surface area contributed by atoms with E-state index >= 15 is 0 Å². The highest BCUT2D eigenvalue weighted by molar-refractivity contribution is 5.95. The van der Waals surface area contributed by atoms with Gasteiger partial charge in [0, 0.05) is 23.7 Å². The van der Waals surface area contributed by atoms with Crippen molar-refractivity contribution in [1.82, 2.24) is 5.32 Å². The number of hydrogen-bond donors (Lipinski definition) is 1. The van der Waals surface area contributed by atoms with Crippen molar-refractivity contribution in [3.63, 3.8) is 0 Å². The van der Waals surface area contributed by atoms with Gasteiger partial charge < -0.3 is 5.32 Å². The Hall–Kier alpha value is -1.51. The lowest BCUT2D eigenvalue weighted by molar-refractivity contribution is 0.237. The molecule has 0 bridgehead atoms. The zero-order valence-electron chi connectivity index (χ0n) is 12.5. The smallest absolute Gasteiger partial charge is 0.322 e. The highest BCUT2D eigenvalue weighted by Crippen LogP contribution is 2.40. The second kappa shape index (κ2) is 4.87. The summed E-state index contributed by atoms with van der Waals surface area (Å²) in [4.78, 5) is 14.3. The van der Waals surface area contributed by atoms with Crippen LogP contribution in [0.3, 0.4) is 0 Å². The molecule has 2 rings (SSSR count). The number of hydrogen-bond acceptors (Lipinski definition) is 1. The summed E-state index contributed by atoms with van der Waals surface area (Å²) in [5.41, 5.74) is 2.14. The van der Waals surface area contributed by atoms with E-state index < -0.39 is 0 Å². The van der Waals surface area contributed by atoms with Crippen LogP contribution in [-0.4, -0.2) is 18.1 Å². The van der Waals surface area contributed by atoms with E-state index in [4.69, 9.17) is 0 Å². The average molecular weight is 260 g/mol. The van der Waals surface area contributed by atoms with Crippen LogP contribution in [0.25, 0.3) is 0 Å². The third kappa shape index (κ3) is 2.91. The van der Waals surface area contributed by atoms with Gasteiger partial charge in [0.05, 0.1) is 0 Å². The monoisotopic (exact) mass is 260 g/mol. The van der Waals surface area contributed by atoms with Crippen molar-refractivity contribution >= 4 is 11.7 Å². The molecule has 1 aromatic rings. The second-order valence-electron chi connectivity index (χ2n) is 6.70. The van der Waals surface area contributed by atoms with E-state index in [1.54, 1.807) is 0 Å². The standard InChI is InChI=1S/C16H24N2O/c1-11(2)13-10-18(15(19)17-16(3,4)5)14-9-7-6-8-12(13)14/h6-9,11,13H,10H2,1-5H3,(H,17,19). The molecule has 1 N–H and O–H groups in total. The molecule has 3 nitrogen and oxygen atoms in total. The number of fused-ring (bicyclic) bond motifs is 1. The minimum Gasteiger partial charge on any atom is -0.333 e. The maximum atomic E-state index is 12.4. The maximum absolute atomic E-state index is 12.4. The topological polar surface area (TPSA) is 32.3 Å². The normalized spacial score (nSPS) is 18.6. The number of nitrogens with zero attached hydrogens (tertiary/aromatic N) is 1. The summed E-state index contributed by atoms with van der Waals surface area (Å²) in [7, 11) is 0. The van der Waals surface area contributed by atoms with Crippen LogP contribution < -0.4 is 10.2 Å². The van der Waals surface area contributed by atoms with E-state index in [1.165, 1.54) is 5.56 Å². The fraction of sp³-hybridized carbons (Fsp3) is 0.562. The Bertz CT molecular complexity index is 474. The van der Waals surface area contributed by atoms with Crippen LogP contribution in [0.2, 0.25) is 0 Å². The molecule has 1 heterocycles. The molecule has 3 heteroatoms. The molecule has 1 aliphatic rings. The van der Waals surface area contributed by atoms with Gasteiger partial charge in [0.2, 0.25) is 0 Å². The minimum atomic E-state index is -0.206. The molecule has 0 aromatic heterocycles. The highest BCUT2D eigenvalue weighted by Gasteiger charge is 2.34. The molecule has 19 heavy (non-hydrogen) atoms. The first-order valence-corrected chi connectivity index (χ1v) is 6.98. The van der Waals surface area contributed by atoms with Gasteiger partial charge in [0.15, 0.2) is 0 Å². The number of amides is 2. The molecule has 0 saturated heterocycles. The zero-order valence-corrected chi connectivity index (χ0v) is 12.5. The SMILES string of the molecule is CC(C)C1CN(C(=O)NC(C)(C)C)c2ccccc21. The van der Waals surface area contributed by atoms with Gasteiger partial charge in [-0.05, 0) is 38.3 Å². The van der Waals surface area contributed by atoms with Crippen molar-refractivity contribution in [3.8, 4) is 0 Å². The number of para-hydroxylation sites is 1. The van der Waals surface area contributed by atoms with Crippen molar-refractivity contribution in [1.29, 1.82) is 0 Å². The van der Waals surface area contributed by atoms with Crippen LogP contribution in [0, 0.1) is 5.92 Å². The van der Waals surface area contributed by atoms with Gasteiger partial charge in [0.1, 0.15) is 0 Å². The molecule has 0 saturated carbocycles. The fourth-order valence-corrected chi connectivity index (χ4v) is 2.59. The highest BCUT2D eigenvalue weighted by atomic mass is 16.2. The minimum absolute atomic E-state index is 0.00287.